The zero-order chi connectivity index (χ0) is 19.3. The number of allylic oxidation sites excluding steroid dienone is 1. The van der Waals surface area contributed by atoms with Gasteiger partial charge in [-0.05, 0) is 43.2 Å². The predicted molar refractivity (Wildman–Crippen MR) is 91.9 cm³/mol. The van der Waals surface area contributed by atoms with Crippen molar-refractivity contribution in [1.82, 2.24) is 0 Å². The van der Waals surface area contributed by atoms with E-state index in [1.165, 1.54) is 14.0 Å². The molecule has 0 heterocycles. The summed E-state index contributed by atoms with van der Waals surface area (Å²) in [5, 5.41) is 2.17. The van der Waals surface area contributed by atoms with Crippen molar-refractivity contribution >= 4 is 11.6 Å². The average molecular weight is 365 g/mol. The van der Waals surface area contributed by atoms with Gasteiger partial charge in [0.15, 0.2) is 35.1 Å². The minimum atomic E-state index is -1.66. The van der Waals surface area contributed by atoms with Crippen LogP contribution in [0.15, 0.2) is 43.0 Å². The summed E-state index contributed by atoms with van der Waals surface area (Å²) in [5.74, 6) is -4.47. The van der Waals surface area contributed by atoms with Crippen molar-refractivity contribution in [3.63, 3.8) is 0 Å². The molecule has 1 N–H and O–H groups in total. The molecular formula is C19H18F3NO3. The highest BCUT2D eigenvalue weighted by molar-refractivity contribution is 5.94. The van der Waals surface area contributed by atoms with E-state index in [0.717, 1.165) is 17.7 Å². The normalized spacial score (nSPS) is 11.6. The molecule has 0 aliphatic carbocycles. The van der Waals surface area contributed by atoms with E-state index in [1.807, 2.05) is 0 Å². The van der Waals surface area contributed by atoms with Gasteiger partial charge in [0.05, 0.1) is 12.8 Å². The van der Waals surface area contributed by atoms with Crippen LogP contribution < -0.4 is 14.8 Å². The Morgan fingerprint density at radius 2 is 1.92 bits per heavy atom. The van der Waals surface area contributed by atoms with Crippen molar-refractivity contribution in [2.24, 2.45) is 0 Å². The topological polar surface area (TPSA) is 47.6 Å². The van der Waals surface area contributed by atoms with Gasteiger partial charge in [-0.25, -0.2) is 13.2 Å². The lowest BCUT2D eigenvalue weighted by atomic mass is 10.1. The Balaban J connectivity index is 2.12. The van der Waals surface area contributed by atoms with Crippen LogP contribution >= 0.6 is 0 Å². The largest absolute Gasteiger partial charge is 0.493 e. The summed E-state index contributed by atoms with van der Waals surface area (Å²) in [6.45, 7) is 5.09. The Morgan fingerprint density at radius 3 is 2.58 bits per heavy atom. The molecule has 1 amide bonds. The van der Waals surface area contributed by atoms with Gasteiger partial charge in [-0.15, -0.1) is 6.58 Å². The smallest absolute Gasteiger partial charge is 0.265 e. The van der Waals surface area contributed by atoms with E-state index >= 15 is 0 Å². The summed E-state index contributed by atoms with van der Waals surface area (Å²) in [6.07, 6.45) is 1.34. The monoisotopic (exact) mass is 365 g/mol. The molecule has 0 unspecified atom stereocenters. The summed E-state index contributed by atoms with van der Waals surface area (Å²) in [4.78, 5) is 12.2. The maximum atomic E-state index is 13.7. The van der Waals surface area contributed by atoms with Crippen molar-refractivity contribution in [2.75, 3.05) is 12.4 Å². The molecule has 0 spiro atoms. The van der Waals surface area contributed by atoms with Crippen LogP contribution in [-0.2, 0) is 11.2 Å². The number of ether oxygens (including phenoxy) is 2. The molecule has 2 aromatic rings. The molecule has 0 aliphatic rings. The molecule has 2 aromatic carbocycles. The molecule has 0 aromatic heterocycles. The van der Waals surface area contributed by atoms with E-state index in [4.69, 9.17) is 9.47 Å². The van der Waals surface area contributed by atoms with Gasteiger partial charge >= 0.3 is 0 Å². The van der Waals surface area contributed by atoms with E-state index in [2.05, 4.69) is 11.9 Å². The van der Waals surface area contributed by atoms with Gasteiger partial charge in [0.25, 0.3) is 5.91 Å². The number of hydrogen-bond acceptors (Lipinski definition) is 3. The second kappa shape index (κ2) is 8.42. The Bertz CT molecular complexity index is 824. The number of halogens is 3. The molecule has 0 radical (unpaired) electrons. The van der Waals surface area contributed by atoms with E-state index in [1.54, 1.807) is 24.3 Å². The molecule has 7 heteroatoms. The highest BCUT2D eigenvalue weighted by Gasteiger charge is 2.20. The van der Waals surface area contributed by atoms with Crippen molar-refractivity contribution in [3.8, 4) is 11.5 Å². The molecule has 0 fully saturated rings. The van der Waals surface area contributed by atoms with E-state index in [-0.39, 0.29) is 0 Å². The fourth-order valence-corrected chi connectivity index (χ4v) is 2.20. The summed E-state index contributed by atoms with van der Waals surface area (Å²) < 4.78 is 50.6. The quantitative estimate of drug-likeness (QED) is 0.590. The average Bonchev–Trinajstić information content (AvgIpc) is 2.63. The molecular weight excluding hydrogens is 347 g/mol. The Hall–Kier alpha value is -2.96. The van der Waals surface area contributed by atoms with Crippen molar-refractivity contribution in [2.45, 2.75) is 19.4 Å². The fourth-order valence-electron chi connectivity index (χ4n) is 2.20. The molecule has 26 heavy (non-hydrogen) atoms. The third-order valence-corrected chi connectivity index (χ3v) is 3.57. The zero-order valence-electron chi connectivity index (χ0n) is 14.3. The molecule has 4 nitrogen and oxygen atoms in total. The van der Waals surface area contributed by atoms with Crippen LogP contribution in [0.1, 0.15) is 12.5 Å². The lowest BCUT2D eigenvalue weighted by Gasteiger charge is -2.17. The maximum absolute atomic E-state index is 13.7. The molecule has 1 atom stereocenters. The van der Waals surface area contributed by atoms with Gasteiger partial charge in [0.2, 0.25) is 0 Å². The molecule has 2 rings (SSSR count). The van der Waals surface area contributed by atoms with Gasteiger partial charge in [-0.3, -0.25) is 4.79 Å². The molecule has 0 aliphatic heterocycles. The summed E-state index contributed by atoms with van der Waals surface area (Å²) in [7, 11) is 1.46. The van der Waals surface area contributed by atoms with E-state index in [0.29, 0.717) is 17.9 Å². The van der Waals surface area contributed by atoms with E-state index in [9.17, 15) is 18.0 Å². The first-order chi connectivity index (χ1) is 12.4. The van der Waals surface area contributed by atoms with Crippen LogP contribution in [0.4, 0.5) is 18.9 Å². The number of nitrogens with one attached hydrogen (secondary N) is 1. The Morgan fingerprint density at radius 1 is 1.19 bits per heavy atom. The van der Waals surface area contributed by atoms with Gasteiger partial charge in [0, 0.05) is 0 Å². The third kappa shape index (κ3) is 4.36. The minimum absolute atomic E-state index is 0.314. The van der Waals surface area contributed by atoms with E-state index < -0.39 is 35.2 Å². The number of amides is 1. The summed E-state index contributed by atoms with van der Waals surface area (Å²) in [6, 6.07) is 6.83. The Kier molecular flexibility index (Phi) is 6.27. The Labute approximate surface area is 149 Å². The highest BCUT2D eigenvalue weighted by atomic mass is 19.2. The first kappa shape index (κ1) is 19.4. The summed E-state index contributed by atoms with van der Waals surface area (Å²) in [5.41, 5.74) is 0.475. The van der Waals surface area contributed by atoms with Crippen LogP contribution in [0.3, 0.4) is 0 Å². The highest BCUT2D eigenvalue weighted by Crippen LogP contribution is 2.29. The molecule has 0 saturated heterocycles. The van der Waals surface area contributed by atoms with Gasteiger partial charge in [-0.2, -0.15) is 0 Å². The van der Waals surface area contributed by atoms with Gasteiger partial charge in [0.1, 0.15) is 0 Å². The lowest BCUT2D eigenvalue weighted by Crippen LogP contribution is -2.30. The number of rotatable bonds is 7. The summed E-state index contributed by atoms with van der Waals surface area (Å²) >= 11 is 0. The standard InChI is InChI=1S/C19H18F3NO3/c1-4-5-12-6-9-15(16(10-12)25-3)26-11(2)19(24)23-14-8-7-13(20)17(21)18(14)22/h4,6-11H,1,5H2,2-3H3,(H,23,24)/t11-/m0/s1. The maximum Gasteiger partial charge on any atom is 0.265 e. The number of carbonyl (C=O) groups is 1. The fraction of sp³-hybridized carbons (Fsp3) is 0.211. The number of methoxy groups -OCH3 is 1. The number of anilines is 1. The first-order valence-electron chi connectivity index (χ1n) is 7.76. The van der Waals surface area contributed by atoms with Crippen LogP contribution in [0.5, 0.6) is 11.5 Å². The van der Waals surface area contributed by atoms with Gasteiger partial charge in [-0.1, -0.05) is 12.1 Å². The van der Waals surface area contributed by atoms with Crippen LogP contribution in [0, 0.1) is 17.5 Å². The number of hydrogen-bond donors (Lipinski definition) is 1. The zero-order valence-corrected chi connectivity index (χ0v) is 14.3. The minimum Gasteiger partial charge on any atom is -0.493 e. The molecule has 0 saturated carbocycles. The molecule has 0 bridgehead atoms. The number of carbonyl (C=O) groups excluding carboxylic acids is 1. The lowest BCUT2D eigenvalue weighted by molar-refractivity contribution is -0.122. The number of benzene rings is 2. The van der Waals surface area contributed by atoms with Crippen LogP contribution in [-0.4, -0.2) is 19.1 Å². The molecule has 138 valence electrons. The SMILES string of the molecule is C=CCc1ccc(O[C@@H](C)C(=O)Nc2ccc(F)c(F)c2F)c(OC)c1. The van der Waals surface area contributed by atoms with Crippen LogP contribution in [0.25, 0.3) is 0 Å². The van der Waals surface area contributed by atoms with Crippen molar-refractivity contribution in [3.05, 3.63) is 66.0 Å². The van der Waals surface area contributed by atoms with Crippen molar-refractivity contribution < 1.29 is 27.4 Å². The first-order valence-corrected chi connectivity index (χ1v) is 7.76. The predicted octanol–water partition coefficient (Wildman–Crippen LogP) is 4.25. The third-order valence-electron chi connectivity index (χ3n) is 3.57. The van der Waals surface area contributed by atoms with Crippen molar-refractivity contribution in [1.29, 1.82) is 0 Å². The second-order valence-corrected chi connectivity index (χ2v) is 5.45. The van der Waals surface area contributed by atoms with Crippen LogP contribution in [0.2, 0.25) is 0 Å². The second-order valence-electron chi connectivity index (χ2n) is 5.45. The van der Waals surface area contributed by atoms with Gasteiger partial charge < -0.3 is 14.8 Å².